The normalized spacial score (nSPS) is 18.1. The molecule has 0 saturated carbocycles. The van der Waals surface area contributed by atoms with Crippen LogP contribution >= 0.6 is 0 Å². The molecule has 0 bridgehead atoms. The minimum absolute atomic E-state index is 0.0524. The summed E-state index contributed by atoms with van der Waals surface area (Å²) in [7, 11) is 0. The van der Waals surface area contributed by atoms with Crippen LogP contribution in [0.3, 0.4) is 0 Å². The molecular weight excluding hydrogens is 536 g/mol. The lowest BCUT2D eigenvalue weighted by Crippen LogP contribution is -2.27. The molecule has 11 heteroatoms. The molecule has 3 aromatic carbocycles. The number of hydrogen-bond acceptors (Lipinski definition) is 3. The highest BCUT2D eigenvalue weighted by Crippen LogP contribution is 2.33. The second-order valence-electron chi connectivity index (χ2n) is 8.94. The van der Waals surface area contributed by atoms with Gasteiger partial charge >= 0.3 is 6.11 Å². The molecule has 0 amide bonds. The van der Waals surface area contributed by atoms with E-state index in [2.05, 4.69) is 4.74 Å². The van der Waals surface area contributed by atoms with E-state index in [4.69, 9.17) is 9.47 Å². The van der Waals surface area contributed by atoms with E-state index in [0.717, 1.165) is 37.1 Å². The van der Waals surface area contributed by atoms with Crippen LogP contribution in [0.25, 0.3) is 17.2 Å². The Labute approximate surface area is 218 Å². The van der Waals surface area contributed by atoms with Gasteiger partial charge < -0.3 is 14.2 Å². The minimum atomic E-state index is -4.14. The minimum Gasteiger partial charge on any atom is -0.429 e. The fourth-order valence-corrected chi connectivity index (χ4v) is 4.09. The van der Waals surface area contributed by atoms with E-state index in [1.165, 1.54) is 0 Å². The van der Waals surface area contributed by atoms with Gasteiger partial charge in [-0.15, -0.1) is 0 Å². The van der Waals surface area contributed by atoms with Crippen LogP contribution in [0.1, 0.15) is 37.2 Å². The maximum atomic E-state index is 14.6. The molecule has 0 unspecified atom stereocenters. The predicted octanol–water partition coefficient (Wildman–Crippen LogP) is 8.33. The summed E-state index contributed by atoms with van der Waals surface area (Å²) in [4.78, 5) is 0. The Hall–Kier alpha value is -3.44. The number of halogens is 8. The Morgan fingerprint density at radius 3 is 2.03 bits per heavy atom. The van der Waals surface area contributed by atoms with Gasteiger partial charge in [0, 0.05) is 34.8 Å². The topological polar surface area (TPSA) is 27.7 Å². The third-order valence-corrected chi connectivity index (χ3v) is 5.97. The van der Waals surface area contributed by atoms with Crippen molar-refractivity contribution >= 4 is 6.08 Å². The van der Waals surface area contributed by atoms with Gasteiger partial charge in [-0.05, 0) is 54.5 Å². The van der Waals surface area contributed by atoms with E-state index in [0.29, 0.717) is 37.5 Å². The molecule has 0 N–H and O–H groups in total. The number of hydrogen-bond donors (Lipinski definition) is 0. The van der Waals surface area contributed by atoms with E-state index >= 15 is 0 Å². The van der Waals surface area contributed by atoms with Crippen LogP contribution in [0.15, 0.2) is 48.5 Å². The Morgan fingerprint density at radius 2 is 1.46 bits per heavy atom. The number of alkyl halides is 2. The van der Waals surface area contributed by atoms with Crippen molar-refractivity contribution in [1.29, 1.82) is 0 Å². The summed E-state index contributed by atoms with van der Waals surface area (Å²) in [5.41, 5.74) is -1.50. The third kappa shape index (κ3) is 6.77. The molecule has 1 fully saturated rings. The zero-order valence-corrected chi connectivity index (χ0v) is 20.4. The van der Waals surface area contributed by atoms with Gasteiger partial charge in [0.2, 0.25) is 0 Å². The highest BCUT2D eigenvalue weighted by atomic mass is 19.3. The van der Waals surface area contributed by atoms with Crippen LogP contribution in [0.5, 0.6) is 5.75 Å². The van der Waals surface area contributed by atoms with Gasteiger partial charge in [-0.2, -0.15) is 8.78 Å². The molecule has 3 aromatic rings. The summed E-state index contributed by atoms with van der Waals surface area (Å²) >= 11 is 0. The van der Waals surface area contributed by atoms with Gasteiger partial charge in [0.1, 0.15) is 23.2 Å². The standard InChI is InChI=1S/C28H22F8O3/c1-2-3-15-13-37-27(38-14-15)17-10-21(29)20(22(30)11-17)6-7-28(35,36)39-18-4-5-19(23(31)12-18)16-8-24(32)26(34)25(33)9-16/h4-12,15,27H,2-3,13-14H2,1H3. The summed E-state index contributed by atoms with van der Waals surface area (Å²) in [6.45, 7) is 2.71. The molecular formula is C28H22F8O3. The Kier molecular flexibility index (Phi) is 8.60. The molecule has 1 aliphatic rings. The van der Waals surface area contributed by atoms with Crippen LogP contribution in [0, 0.1) is 40.8 Å². The zero-order valence-electron chi connectivity index (χ0n) is 20.4. The van der Waals surface area contributed by atoms with Crippen LogP contribution < -0.4 is 4.74 Å². The largest absolute Gasteiger partial charge is 0.429 e. The summed E-state index contributed by atoms with van der Waals surface area (Å²) < 4.78 is 128. The average Bonchev–Trinajstić information content (AvgIpc) is 2.87. The fraction of sp³-hybridized carbons (Fsp3) is 0.286. The Balaban J connectivity index is 1.46. The molecule has 0 aromatic heterocycles. The van der Waals surface area contributed by atoms with E-state index in [1.54, 1.807) is 0 Å². The van der Waals surface area contributed by atoms with Crippen molar-refractivity contribution in [3.05, 3.63) is 94.6 Å². The van der Waals surface area contributed by atoms with E-state index in [9.17, 15) is 35.1 Å². The molecule has 0 atom stereocenters. The smallest absolute Gasteiger partial charge is 0.419 e. The van der Waals surface area contributed by atoms with E-state index in [-0.39, 0.29) is 23.1 Å². The second kappa shape index (κ2) is 11.7. The van der Waals surface area contributed by atoms with Crippen LogP contribution in [-0.2, 0) is 9.47 Å². The van der Waals surface area contributed by atoms with Gasteiger partial charge in [-0.3, -0.25) is 0 Å². The van der Waals surface area contributed by atoms with Crippen molar-refractivity contribution in [3.63, 3.8) is 0 Å². The Morgan fingerprint density at radius 1 is 0.846 bits per heavy atom. The molecule has 1 heterocycles. The monoisotopic (exact) mass is 558 g/mol. The summed E-state index contributed by atoms with van der Waals surface area (Å²) in [6.07, 6.45) is -2.77. The van der Waals surface area contributed by atoms with Crippen LogP contribution in [0.2, 0.25) is 0 Å². The summed E-state index contributed by atoms with van der Waals surface area (Å²) in [6, 6.07) is 5.21. The molecule has 0 spiro atoms. The molecule has 1 aliphatic heterocycles. The molecule has 3 nitrogen and oxygen atoms in total. The number of benzene rings is 3. The third-order valence-electron chi connectivity index (χ3n) is 5.97. The molecule has 0 radical (unpaired) electrons. The van der Waals surface area contributed by atoms with Crippen LogP contribution in [-0.4, -0.2) is 19.3 Å². The predicted molar refractivity (Wildman–Crippen MR) is 126 cm³/mol. The van der Waals surface area contributed by atoms with Gasteiger partial charge in [-0.1, -0.05) is 13.3 Å². The average molecular weight is 558 g/mol. The van der Waals surface area contributed by atoms with Crippen molar-refractivity contribution in [2.75, 3.05) is 13.2 Å². The van der Waals surface area contributed by atoms with Crippen molar-refractivity contribution in [1.82, 2.24) is 0 Å². The fourth-order valence-electron chi connectivity index (χ4n) is 4.09. The molecule has 39 heavy (non-hydrogen) atoms. The first-order valence-electron chi connectivity index (χ1n) is 11.9. The first-order valence-corrected chi connectivity index (χ1v) is 11.9. The van der Waals surface area contributed by atoms with Gasteiger partial charge in [-0.25, -0.2) is 26.3 Å². The quantitative estimate of drug-likeness (QED) is 0.206. The molecule has 0 aliphatic carbocycles. The van der Waals surface area contributed by atoms with E-state index in [1.807, 2.05) is 6.92 Å². The van der Waals surface area contributed by atoms with Gasteiger partial charge in [0.05, 0.1) is 13.2 Å². The lowest BCUT2D eigenvalue weighted by atomic mass is 10.0. The van der Waals surface area contributed by atoms with Crippen molar-refractivity contribution in [3.8, 4) is 16.9 Å². The first-order chi connectivity index (χ1) is 18.5. The highest BCUT2D eigenvalue weighted by molar-refractivity contribution is 5.65. The molecule has 4 rings (SSSR count). The van der Waals surface area contributed by atoms with Gasteiger partial charge in [0.15, 0.2) is 23.7 Å². The maximum Gasteiger partial charge on any atom is 0.419 e. The van der Waals surface area contributed by atoms with Crippen molar-refractivity contribution in [2.24, 2.45) is 5.92 Å². The number of rotatable bonds is 8. The van der Waals surface area contributed by atoms with E-state index < -0.39 is 64.2 Å². The van der Waals surface area contributed by atoms with Crippen molar-refractivity contribution < 1.29 is 49.3 Å². The molecule has 208 valence electrons. The SMILES string of the molecule is CCCC1COC(c2cc(F)c(C=CC(F)(F)Oc3ccc(-c4cc(F)c(F)c(F)c4)c(F)c3)c(F)c2)OC1. The second-order valence-corrected chi connectivity index (χ2v) is 8.94. The lowest BCUT2D eigenvalue weighted by molar-refractivity contribution is -0.206. The Bertz CT molecular complexity index is 1320. The first kappa shape index (κ1) is 28.6. The van der Waals surface area contributed by atoms with Crippen molar-refractivity contribution in [2.45, 2.75) is 32.2 Å². The van der Waals surface area contributed by atoms with Gasteiger partial charge in [0.25, 0.3) is 0 Å². The number of ether oxygens (including phenoxy) is 3. The lowest BCUT2D eigenvalue weighted by Gasteiger charge is -2.29. The van der Waals surface area contributed by atoms with Crippen LogP contribution in [0.4, 0.5) is 35.1 Å². The zero-order chi connectivity index (χ0) is 28.3. The summed E-state index contributed by atoms with van der Waals surface area (Å²) in [5.74, 6) is -8.88. The highest BCUT2D eigenvalue weighted by Gasteiger charge is 2.29. The maximum absolute atomic E-state index is 14.6. The molecule has 1 saturated heterocycles. The summed E-state index contributed by atoms with van der Waals surface area (Å²) in [5, 5.41) is 0.